The van der Waals surface area contributed by atoms with Crippen molar-refractivity contribution in [2.24, 2.45) is 0 Å². The number of nitrogens with one attached hydrogen (secondary N) is 2. The van der Waals surface area contributed by atoms with Gasteiger partial charge in [-0.1, -0.05) is 18.2 Å². The third-order valence-corrected chi connectivity index (χ3v) is 2.97. The van der Waals surface area contributed by atoms with Gasteiger partial charge in [0.05, 0.1) is 17.6 Å². The third-order valence-electron chi connectivity index (χ3n) is 2.97. The van der Waals surface area contributed by atoms with Gasteiger partial charge in [0, 0.05) is 11.6 Å². The summed E-state index contributed by atoms with van der Waals surface area (Å²) in [4.78, 5) is 23.9. The Morgan fingerprint density at radius 3 is 2.71 bits per heavy atom. The van der Waals surface area contributed by atoms with Crippen molar-refractivity contribution in [3.05, 3.63) is 64.3 Å². The minimum Gasteiger partial charge on any atom is -0.345 e. The molecular formula is C14H11N5O2. The van der Waals surface area contributed by atoms with Crippen LogP contribution in [0.2, 0.25) is 0 Å². The molecule has 1 aromatic carbocycles. The minimum absolute atomic E-state index is 0.175. The Balaban J connectivity index is 1.89. The number of carbonyl (C=O) groups excluding carboxylic acids is 1. The quantitative estimate of drug-likeness (QED) is 0.734. The molecule has 0 aliphatic carbocycles. The van der Waals surface area contributed by atoms with E-state index in [1.807, 2.05) is 0 Å². The van der Waals surface area contributed by atoms with Gasteiger partial charge in [0.1, 0.15) is 0 Å². The first kappa shape index (κ1) is 12.9. The molecule has 0 unspecified atom stereocenters. The fraction of sp³-hybridized carbons (Fsp3) is 0.0714. The van der Waals surface area contributed by atoms with Crippen molar-refractivity contribution in [2.45, 2.75) is 6.54 Å². The molecular weight excluding hydrogens is 270 g/mol. The van der Waals surface area contributed by atoms with Crippen LogP contribution in [0.25, 0.3) is 10.8 Å². The van der Waals surface area contributed by atoms with Crippen LogP contribution in [0.15, 0.2) is 47.4 Å². The van der Waals surface area contributed by atoms with E-state index in [0.717, 1.165) is 0 Å². The number of aromatic nitrogens is 4. The van der Waals surface area contributed by atoms with Gasteiger partial charge in [-0.15, -0.1) is 0 Å². The smallest absolute Gasteiger partial charge is 0.272 e. The van der Waals surface area contributed by atoms with Crippen LogP contribution in [0, 0.1) is 0 Å². The topological polar surface area (TPSA) is 101 Å². The van der Waals surface area contributed by atoms with Gasteiger partial charge in [-0.3, -0.25) is 9.59 Å². The van der Waals surface area contributed by atoms with Crippen LogP contribution in [-0.2, 0) is 6.54 Å². The summed E-state index contributed by atoms with van der Waals surface area (Å²) in [6, 6.07) is 10.3. The van der Waals surface area contributed by atoms with E-state index in [0.29, 0.717) is 16.5 Å². The maximum absolute atomic E-state index is 12.2. The molecule has 0 bridgehead atoms. The molecule has 7 nitrogen and oxygen atoms in total. The van der Waals surface area contributed by atoms with Crippen LogP contribution in [0.4, 0.5) is 0 Å². The molecule has 3 rings (SSSR count). The molecule has 104 valence electrons. The summed E-state index contributed by atoms with van der Waals surface area (Å²) in [6.07, 6.45) is 1.56. The summed E-state index contributed by atoms with van der Waals surface area (Å²) in [5.41, 5.74) is 0.491. The van der Waals surface area contributed by atoms with Crippen LogP contribution in [-0.4, -0.2) is 26.3 Å². The van der Waals surface area contributed by atoms with E-state index in [9.17, 15) is 9.59 Å². The number of hydrogen-bond acceptors (Lipinski definition) is 5. The molecule has 0 fully saturated rings. The summed E-state index contributed by atoms with van der Waals surface area (Å²) in [5.74, 6) is -0.381. The molecule has 0 saturated heterocycles. The highest BCUT2D eigenvalue weighted by atomic mass is 16.2. The van der Waals surface area contributed by atoms with Gasteiger partial charge in [-0.05, 0) is 18.2 Å². The number of nitrogens with zero attached hydrogens (tertiary/aromatic N) is 3. The van der Waals surface area contributed by atoms with Crippen molar-refractivity contribution in [1.82, 2.24) is 25.7 Å². The van der Waals surface area contributed by atoms with Gasteiger partial charge in [-0.25, -0.2) is 5.10 Å². The van der Waals surface area contributed by atoms with Crippen molar-refractivity contribution < 1.29 is 4.79 Å². The number of rotatable bonds is 3. The van der Waals surface area contributed by atoms with Crippen LogP contribution in [0.3, 0.4) is 0 Å². The number of aromatic amines is 1. The summed E-state index contributed by atoms with van der Waals surface area (Å²) in [6.45, 7) is 0.238. The number of benzene rings is 1. The molecule has 2 heterocycles. The second-order valence-electron chi connectivity index (χ2n) is 4.34. The lowest BCUT2D eigenvalue weighted by Gasteiger charge is -2.05. The maximum Gasteiger partial charge on any atom is 0.272 e. The maximum atomic E-state index is 12.2. The highest BCUT2D eigenvalue weighted by Crippen LogP contribution is 2.12. The lowest BCUT2D eigenvalue weighted by molar-refractivity contribution is 0.0946. The lowest BCUT2D eigenvalue weighted by atomic mass is 10.1. The zero-order chi connectivity index (χ0) is 14.7. The van der Waals surface area contributed by atoms with Crippen LogP contribution in [0.5, 0.6) is 0 Å². The molecule has 0 aliphatic heterocycles. The summed E-state index contributed by atoms with van der Waals surface area (Å²) in [7, 11) is 0. The van der Waals surface area contributed by atoms with E-state index in [-0.39, 0.29) is 23.7 Å². The first-order valence-corrected chi connectivity index (χ1v) is 6.28. The van der Waals surface area contributed by atoms with Gasteiger partial charge in [-0.2, -0.15) is 15.3 Å². The Morgan fingerprint density at radius 2 is 1.95 bits per heavy atom. The van der Waals surface area contributed by atoms with Gasteiger partial charge >= 0.3 is 0 Å². The van der Waals surface area contributed by atoms with E-state index in [4.69, 9.17) is 0 Å². The van der Waals surface area contributed by atoms with E-state index >= 15 is 0 Å². The molecule has 0 radical (unpaired) electrons. The van der Waals surface area contributed by atoms with Crippen molar-refractivity contribution in [1.29, 1.82) is 0 Å². The summed E-state index contributed by atoms with van der Waals surface area (Å²) in [5, 5.41) is 17.4. The van der Waals surface area contributed by atoms with Crippen molar-refractivity contribution in [3.8, 4) is 0 Å². The Morgan fingerprint density at radius 1 is 1.14 bits per heavy atom. The number of amides is 1. The van der Waals surface area contributed by atoms with Gasteiger partial charge in [0.2, 0.25) is 0 Å². The van der Waals surface area contributed by atoms with E-state index in [1.165, 1.54) is 0 Å². The van der Waals surface area contributed by atoms with E-state index in [2.05, 4.69) is 25.7 Å². The van der Waals surface area contributed by atoms with Crippen LogP contribution in [0.1, 0.15) is 16.2 Å². The molecule has 3 aromatic rings. The van der Waals surface area contributed by atoms with Crippen molar-refractivity contribution in [3.63, 3.8) is 0 Å². The molecule has 2 N–H and O–H groups in total. The predicted octanol–water partition coefficient (Wildman–Crippen LogP) is 0.643. The zero-order valence-corrected chi connectivity index (χ0v) is 10.9. The number of hydrogen-bond donors (Lipinski definition) is 2. The number of H-pyrrole nitrogens is 1. The summed E-state index contributed by atoms with van der Waals surface area (Å²) < 4.78 is 0. The van der Waals surface area contributed by atoms with Gasteiger partial charge in [0.15, 0.2) is 5.69 Å². The third kappa shape index (κ3) is 2.62. The zero-order valence-electron chi connectivity index (χ0n) is 10.9. The van der Waals surface area contributed by atoms with Crippen LogP contribution < -0.4 is 10.9 Å². The first-order valence-electron chi connectivity index (χ1n) is 6.28. The fourth-order valence-electron chi connectivity index (χ4n) is 1.97. The fourth-order valence-corrected chi connectivity index (χ4v) is 1.97. The van der Waals surface area contributed by atoms with Gasteiger partial charge in [0.25, 0.3) is 11.5 Å². The molecule has 1 amide bonds. The van der Waals surface area contributed by atoms with Crippen molar-refractivity contribution in [2.75, 3.05) is 0 Å². The molecule has 0 aliphatic rings. The first-order chi connectivity index (χ1) is 10.3. The average molecular weight is 281 g/mol. The molecule has 7 heteroatoms. The molecule has 0 atom stereocenters. The Hall–Kier alpha value is -3.09. The molecule has 0 spiro atoms. The summed E-state index contributed by atoms with van der Waals surface area (Å²) >= 11 is 0. The molecule has 2 aromatic heterocycles. The monoisotopic (exact) mass is 281 g/mol. The highest BCUT2D eigenvalue weighted by molar-refractivity contribution is 6.04. The Bertz CT molecular complexity index is 845. The van der Waals surface area contributed by atoms with Gasteiger partial charge < -0.3 is 5.32 Å². The highest BCUT2D eigenvalue weighted by Gasteiger charge is 2.13. The lowest BCUT2D eigenvalue weighted by Crippen LogP contribution is -2.26. The Kier molecular flexibility index (Phi) is 3.38. The SMILES string of the molecule is O=C(NCc1cccnn1)c1n[nH]c(=O)c2ccccc12. The number of carbonyl (C=O) groups is 1. The normalized spacial score (nSPS) is 10.5. The Labute approximate surface area is 119 Å². The van der Waals surface area contributed by atoms with E-state index in [1.54, 1.807) is 42.6 Å². The number of fused-ring (bicyclic) bond motifs is 1. The standard InChI is InChI=1S/C14H11N5O2/c20-13-11-6-2-1-5-10(11)12(18-19-13)14(21)15-8-9-4-3-7-16-17-9/h1-7H,8H2,(H,15,21)(H,19,20). The van der Waals surface area contributed by atoms with Crippen LogP contribution >= 0.6 is 0 Å². The predicted molar refractivity (Wildman–Crippen MR) is 75.6 cm³/mol. The second-order valence-corrected chi connectivity index (χ2v) is 4.34. The minimum atomic E-state index is -0.381. The molecule has 21 heavy (non-hydrogen) atoms. The molecule has 0 saturated carbocycles. The average Bonchev–Trinajstić information content (AvgIpc) is 2.54. The van der Waals surface area contributed by atoms with Crippen molar-refractivity contribution >= 4 is 16.7 Å². The largest absolute Gasteiger partial charge is 0.345 e. The van der Waals surface area contributed by atoms with E-state index < -0.39 is 0 Å². The second kappa shape index (κ2) is 5.49.